The summed E-state index contributed by atoms with van der Waals surface area (Å²) in [6.45, 7) is 3.30. The Labute approximate surface area is 195 Å². The fourth-order valence-corrected chi connectivity index (χ4v) is 5.43. The third kappa shape index (κ3) is 4.83. The molecule has 5 nitrogen and oxygen atoms in total. The second-order valence-electron chi connectivity index (χ2n) is 9.26. The molecule has 0 aliphatic carbocycles. The Morgan fingerprint density at radius 2 is 1.94 bits per heavy atom. The zero-order chi connectivity index (χ0) is 22.6. The van der Waals surface area contributed by atoms with Gasteiger partial charge in [0.1, 0.15) is 0 Å². The van der Waals surface area contributed by atoms with Crippen LogP contribution in [0.3, 0.4) is 0 Å². The van der Waals surface area contributed by atoms with Crippen LogP contribution in [-0.4, -0.2) is 42.7 Å². The van der Waals surface area contributed by atoms with Crippen molar-refractivity contribution in [3.05, 3.63) is 83.2 Å². The zero-order valence-corrected chi connectivity index (χ0v) is 19.3. The van der Waals surface area contributed by atoms with Crippen LogP contribution in [0.1, 0.15) is 42.0 Å². The quantitative estimate of drug-likeness (QED) is 0.420. The van der Waals surface area contributed by atoms with E-state index in [9.17, 15) is 4.79 Å². The van der Waals surface area contributed by atoms with Crippen LogP contribution in [0.5, 0.6) is 0 Å². The molecule has 0 fully saturated rings. The SMILES string of the molecule is COC(=O)[C@@H]1C[C@H]2CC(CCOCc3ccccc3)=CN(CCc3c1[nH]c1ccccc31)C2. The molecule has 2 aliphatic rings. The molecule has 0 spiro atoms. The molecule has 0 saturated carbocycles. The van der Waals surface area contributed by atoms with E-state index in [1.807, 2.05) is 24.3 Å². The number of benzene rings is 2. The first-order valence-corrected chi connectivity index (χ1v) is 11.9. The van der Waals surface area contributed by atoms with Gasteiger partial charge in [-0.3, -0.25) is 4.79 Å². The molecule has 2 aromatic carbocycles. The van der Waals surface area contributed by atoms with Gasteiger partial charge in [0.05, 0.1) is 26.2 Å². The second kappa shape index (κ2) is 9.84. The normalized spacial score (nSPS) is 20.4. The summed E-state index contributed by atoms with van der Waals surface area (Å²) in [7, 11) is 1.50. The van der Waals surface area contributed by atoms with E-state index in [4.69, 9.17) is 9.47 Å². The minimum absolute atomic E-state index is 0.140. The van der Waals surface area contributed by atoms with E-state index in [-0.39, 0.29) is 11.9 Å². The van der Waals surface area contributed by atoms with Crippen LogP contribution < -0.4 is 0 Å². The molecule has 3 aromatic rings. The van der Waals surface area contributed by atoms with Crippen LogP contribution in [0.4, 0.5) is 0 Å². The van der Waals surface area contributed by atoms with Crippen molar-refractivity contribution in [3.8, 4) is 0 Å². The number of carbonyl (C=O) groups excluding carboxylic acids is 1. The number of hydrogen-bond acceptors (Lipinski definition) is 4. The molecule has 3 heterocycles. The highest BCUT2D eigenvalue weighted by Gasteiger charge is 2.33. The van der Waals surface area contributed by atoms with Gasteiger partial charge in [-0.05, 0) is 55.0 Å². The van der Waals surface area contributed by atoms with E-state index in [0.717, 1.165) is 50.0 Å². The topological polar surface area (TPSA) is 54.6 Å². The Morgan fingerprint density at radius 1 is 1.12 bits per heavy atom. The van der Waals surface area contributed by atoms with Crippen LogP contribution in [-0.2, 0) is 27.3 Å². The highest BCUT2D eigenvalue weighted by atomic mass is 16.5. The van der Waals surface area contributed by atoms with Crippen LogP contribution in [0.15, 0.2) is 66.4 Å². The lowest BCUT2D eigenvalue weighted by molar-refractivity contribution is -0.143. The number of nitrogens with zero attached hydrogens (tertiary/aromatic N) is 1. The summed E-state index contributed by atoms with van der Waals surface area (Å²) in [5, 5.41) is 1.22. The summed E-state index contributed by atoms with van der Waals surface area (Å²) in [5.41, 5.74) is 6.02. The molecule has 1 N–H and O–H groups in total. The van der Waals surface area contributed by atoms with Gasteiger partial charge < -0.3 is 19.4 Å². The summed E-state index contributed by atoms with van der Waals surface area (Å²) in [6, 6.07) is 18.7. The number of aromatic nitrogens is 1. The Morgan fingerprint density at radius 3 is 2.79 bits per heavy atom. The molecule has 172 valence electrons. The third-order valence-electron chi connectivity index (χ3n) is 6.99. The average molecular weight is 445 g/mol. The number of para-hydroxylation sites is 1. The maximum absolute atomic E-state index is 12.9. The van der Waals surface area contributed by atoms with Gasteiger partial charge >= 0.3 is 5.97 Å². The molecule has 1 aromatic heterocycles. The maximum Gasteiger partial charge on any atom is 0.314 e. The summed E-state index contributed by atoms with van der Waals surface area (Å²) < 4.78 is 11.2. The molecule has 2 aliphatic heterocycles. The Balaban J connectivity index is 1.32. The number of fused-ring (bicyclic) bond motifs is 5. The van der Waals surface area contributed by atoms with E-state index in [1.165, 1.54) is 29.2 Å². The molecule has 0 amide bonds. The third-order valence-corrected chi connectivity index (χ3v) is 6.99. The number of rotatable bonds is 6. The molecule has 0 radical (unpaired) electrons. The lowest BCUT2D eigenvalue weighted by Gasteiger charge is -2.33. The largest absolute Gasteiger partial charge is 0.469 e. The van der Waals surface area contributed by atoms with Gasteiger partial charge in [-0.25, -0.2) is 0 Å². The molecule has 33 heavy (non-hydrogen) atoms. The predicted octanol–water partition coefficient (Wildman–Crippen LogP) is 5.18. The van der Waals surface area contributed by atoms with Crippen LogP contribution >= 0.6 is 0 Å². The van der Waals surface area contributed by atoms with E-state index in [0.29, 0.717) is 19.1 Å². The van der Waals surface area contributed by atoms with Gasteiger partial charge in [-0.2, -0.15) is 0 Å². The smallest absolute Gasteiger partial charge is 0.314 e. The molecule has 2 atom stereocenters. The van der Waals surface area contributed by atoms with Crippen LogP contribution in [0.25, 0.3) is 10.9 Å². The monoisotopic (exact) mass is 444 g/mol. The Kier molecular flexibility index (Phi) is 6.49. The number of aromatic amines is 1. The van der Waals surface area contributed by atoms with Gasteiger partial charge in [0.15, 0.2) is 0 Å². The molecular formula is C28H32N2O3. The van der Waals surface area contributed by atoms with E-state index >= 15 is 0 Å². The second-order valence-corrected chi connectivity index (χ2v) is 9.26. The first-order chi connectivity index (χ1) is 16.2. The number of nitrogens with one attached hydrogen (secondary N) is 1. The van der Waals surface area contributed by atoms with Crippen LogP contribution in [0.2, 0.25) is 0 Å². The fourth-order valence-electron chi connectivity index (χ4n) is 5.43. The maximum atomic E-state index is 12.9. The number of hydrogen-bond donors (Lipinski definition) is 1. The molecule has 5 heteroatoms. The molecule has 5 rings (SSSR count). The van der Waals surface area contributed by atoms with Crippen molar-refractivity contribution >= 4 is 16.9 Å². The van der Waals surface area contributed by atoms with Gasteiger partial charge in [0, 0.05) is 29.7 Å². The summed E-state index contributed by atoms with van der Waals surface area (Å²) in [4.78, 5) is 18.9. The zero-order valence-electron chi connectivity index (χ0n) is 19.3. The summed E-state index contributed by atoms with van der Waals surface area (Å²) >= 11 is 0. The molecule has 0 unspecified atom stereocenters. The van der Waals surface area contributed by atoms with Crippen molar-refractivity contribution in [1.82, 2.24) is 9.88 Å². The molecule has 0 saturated heterocycles. The minimum Gasteiger partial charge on any atom is -0.469 e. The van der Waals surface area contributed by atoms with Crippen molar-refractivity contribution in [1.29, 1.82) is 0 Å². The van der Waals surface area contributed by atoms with E-state index in [1.54, 1.807) is 0 Å². The first-order valence-electron chi connectivity index (χ1n) is 11.9. The summed E-state index contributed by atoms with van der Waals surface area (Å²) in [5.74, 6) is 0.0233. The standard InChI is InChI=1S/C28H32N2O3/c1-32-28(31)25-16-22-15-21(12-14-33-19-20-7-3-2-4-8-20)17-30(18-22)13-11-24-23-9-5-6-10-26(23)29-27(24)25/h2-10,17,22,25,29H,11-16,18-19H2,1H3/t22-,25-/m1/s1. The van der Waals surface area contributed by atoms with Gasteiger partial charge in [-0.15, -0.1) is 0 Å². The number of ether oxygens (including phenoxy) is 2. The van der Waals surface area contributed by atoms with Crippen molar-refractivity contribution < 1.29 is 14.3 Å². The highest BCUT2D eigenvalue weighted by Crippen LogP contribution is 2.38. The number of esters is 1. The fraction of sp³-hybridized carbons (Fsp3) is 0.393. The van der Waals surface area contributed by atoms with E-state index < -0.39 is 0 Å². The number of H-pyrrole nitrogens is 1. The predicted molar refractivity (Wildman–Crippen MR) is 130 cm³/mol. The Hall–Kier alpha value is -3.05. The van der Waals surface area contributed by atoms with Crippen molar-refractivity contribution in [2.24, 2.45) is 5.92 Å². The lowest BCUT2D eigenvalue weighted by atomic mass is 9.84. The molecule has 2 bridgehead atoms. The van der Waals surface area contributed by atoms with Gasteiger partial charge in [0.25, 0.3) is 0 Å². The first kappa shape index (κ1) is 21.8. The minimum atomic E-state index is -0.254. The average Bonchev–Trinajstić information content (AvgIpc) is 3.23. The van der Waals surface area contributed by atoms with Crippen LogP contribution in [0, 0.1) is 5.92 Å². The number of carbonyl (C=O) groups is 1. The Bertz CT molecular complexity index is 1130. The number of methoxy groups -OCH3 is 1. The van der Waals surface area contributed by atoms with Crippen molar-refractivity contribution in [3.63, 3.8) is 0 Å². The highest BCUT2D eigenvalue weighted by molar-refractivity contribution is 5.88. The summed E-state index contributed by atoms with van der Waals surface area (Å²) in [6.07, 6.45) is 5.99. The van der Waals surface area contributed by atoms with Crippen molar-refractivity contribution in [2.75, 3.05) is 26.8 Å². The van der Waals surface area contributed by atoms with E-state index in [2.05, 4.69) is 46.4 Å². The molecular weight excluding hydrogens is 412 g/mol. The van der Waals surface area contributed by atoms with Crippen molar-refractivity contribution in [2.45, 2.75) is 38.2 Å². The van der Waals surface area contributed by atoms with Gasteiger partial charge in [0.2, 0.25) is 0 Å². The lowest BCUT2D eigenvalue weighted by Crippen LogP contribution is -2.32. The van der Waals surface area contributed by atoms with Gasteiger partial charge in [-0.1, -0.05) is 54.1 Å².